The minimum Gasteiger partial charge on any atom is -0.271 e. The summed E-state index contributed by atoms with van der Waals surface area (Å²) in [5.74, 6) is 0. The molecular weight excluding hydrogens is 160 g/mol. The first kappa shape index (κ1) is 6.78. The van der Waals surface area contributed by atoms with Crippen LogP contribution < -0.4 is 10.6 Å². The first-order valence-corrected chi connectivity index (χ1v) is 4.32. The second kappa shape index (κ2) is 2.39. The Balaban J connectivity index is 2.44. The Kier molecular flexibility index (Phi) is 1.25. The van der Waals surface area contributed by atoms with Crippen molar-refractivity contribution < 1.29 is 0 Å². The highest BCUT2D eigenvalue weighted by Gasteiger charge is 2.15. The molecular formula is C11H8N2. The second-order valence-electron chi connectivity index (χ2n) is 3.17. The minimum absolute atomic E-state index is 0.226. The maximum atomic E-state index is 4.54. The number of nitrogens with zero attached hydrogens (tertiary/aromatic N) is 2. The lowest BCUT2D eigenvalue weighted by Gasteiger charge is -2.06. The maximum Gasteiger partial charge on any atom is 0.0948 e. The van der Waals surface area contributed by atoms with Gasteiger partial charge in [0, 0.05) is 11.4 Å². The van der Waals surface area contributed by atoms with Gasteiger partial charge in [0.05, 0.1) is 17.6 Å². The lowest BCUT2D eigenvalue weighted by atomic mass is 10.0. The number of fused-ring (bicyclic) bond motifs is 2. The van der Waals surface area contributed by atoms with Gasteiger partial charge in [-0.05, 0) is 11.6 Å². The molecule has 1 aliphatic carbocycles. The molecule has 1 aromatic heterocycles. The summed E-state index contributed by atoms with van der Waals surface area (Å²) in [4.78, 5) is 8.59. The van der Waals surface area contributed by atoms with Crippen LogP contribution in [0.1, 0.15) is 0 Å². The SMILES string of the molecule is C1=CC2=c3ccncc3=NC2C=C1. The van der Waals surface area contributed by atoms with Crippen LogP contribution in [0.4, 0.5) is 0 Å². The van der Waals surface area contributed by atoms with E-state index in [4.69, 9.17) is 0 Å². The molecule has 0 amide bonds. The van der Waals surface area contributed by atoms with E-state index in [9.17, 15) is 0 Å². The van der Waals surface area contributed by atoms with E-state index >= 15 is 0 Å². The van der Waals surface area contributed by atoms with Gasteiger partial charge in [0.25, 0.3) is 0 Å². The molecule has 0 aromatic carbocycles. The van der Waals surface area contributed by atoms with E-state index < -0.39 is 0 Å². The zero-order chi connectivity index (χ0) is 8.67. The van der Waals surface area contributed by atoms with Crippen LogP contribution in [0, 0.1) is 0 Å². The van der Waals surface area contributed by atoms with Crippen LogP contribution in [-0.4, -0.2) is 11.0 Å². The molecule has 62 valence electrons. The van der Waals surface area contributed by atoms with Gasteiger partial charge in [-0.2, -0.15) is 0 Å². The Morgan fingerprint density at radius 3 is 3.23 bits per heavy atom. The number of allylic oxidation sites excluding steroid dienone is 2. The Bertz CT molecular complexity index is 523. The smallest absolute Gasteiger partial charge is 0.0948 e. The van der Waals surface area contributed by atoms with Crippen LogP contribution in [-0.2, 0) is 0 Å². The van der Waals surface area contributed by atoms with Gasteiger partial charge in [0.15, 0.2) is 0 Å². The topological polar surface area (TPSA) is 25.2 Å². The molecule has 1 aliphatic heterocycles. The highest BCUT2D eigenvalue weighted by molar-refractivity contribution is 5.67. The van der Waals surface area contributed by atoms with E-state index in [1.54, 1.807) is 0 Å². The fourth-order valence-electron chi connectivity index (χ4n) is 1.78. The van der Waals surface area contributed by atoms with E-state index in [1.165, 1.54) is 10.8 Å². The number of aromatic nitrogens is 1. The third-order valence-electron chi connectivity index (χ3n) is 2.39. The molecule has 3 rings (SSSR count). The molecule has 0 radical (unpaired) electrons. The predicted molar refractivity (Wildman–Crippen MR) is 50.5 cm³/mol. The average molecular weight is 168 g/mol. The third-order valence-corrected chi connectivity index (χ3v) is 2.39. The number of rotatable bonds is 0. The van der Waals surface area contributed by atoms with Gasteiger partial charge in [-0.1, -0.05) is 24.3 Å². The summed E-state index contributed by atoms with van der Waals surface area (Å²) in [5, 5.41) is 2.24. The fraction of sp³-hybridized carbons (Fsp3) is 0.0909. The molecule has 0 saturated carbocycles. The molecule has 0 bridgehead atoms. The van der Waals surface area contributed by atoms with Crippen molar-refractivity contribution in [3.8, 4) is 0 Å². The monoisotopic (exact) mass is 168 g/mol. The molecule has 1 atom stereocenters. The molecule has 2 aliphatic rings. The van der Waals surface area contributed by atoms with Crippen LogP contribution in [0.5, 0.6) is 0 Å². The molecule has 0 N–H and O–H groups in total. The van der Waals surface area contributed by atoms with Crippen LogP contribution in [0.15, 0.2) is 47.8 Å². The van der Waals surface area contributed by atoms with Gasteiger partial charge >= 0.3 is 0 Å². The van der Waals surface area contributed by atoms with Gasteiger partial charge < -0.3 is 0 Å². The predicted octanol–water partition coefficient (Wildman–Crippen LogP) is 0.360. The molecule has 0 fully saturated rings. The summed E-state index contributed by atoms with van der Waals surface area (Å²) >= 11 is 0. The van der Waals surface area contributed by atoms with Crippen LogP contribution in [0.3, 0.4) is 0 Å². The van der Waals surface area contributed by atoms with Crippen LogP contribution >= 0.6 is 0 Å². The van der Waals surface area contributed by atoms with E-state index in [1.807, 2.05) is 24.5 Å². The highest BCUT2D eigenvalue weighted by atomic mass is 14.8. The highest BCUT2D eigenvalue weighted by Crippen LogP contribution is 2.15. The van der Waals surface area contributed by atoms with Crippen molar-refractivity contribution >= 4 is 5.57 Å². The summed E-state index contributed by atoms with van der Waals surface area (Å²) in [7, 11) is 0. The lowest BCUT2D eigenvalue weighted by Crippen LogP contribution is -2.22. The van der Waals surface area contributed by atoms with E-state index in [-0.39, 0.29) is 6.04 Å². The van der Waals surface area contributed by atoms with Gasteiger partial charge in [0.2, 0.25) is 0 Å². The summed E-state index contributed by atoms with van der Waals surface area (Å²) < 4.78 is 0. The minimum atomic E-state index is 0.226. The molecule has 0 spiro atoms. The van der Waals surface area contributed by atoms with E-state index in [0.717, 1.165) is 5.36 Å². The van der Waals surface area contributed by atoms with Crippen LogP contribution in [0.25, 0.3) is 5.57 Å². The van der Waals surface area contributed by atoms with Gasteiger partial charge in [0.1, 0.15) is 0 Å². The Labute approximate surface area is 75.7 Å². The zero-order valence-corrected chi connectivity index (χ0v) is 7.01. The summed E-state index contributed by atoms with van der Waals surface area (Å²) in [5.41, 5.74) is 1.29. The maximum absolute atomic E-state index is 4.54. The first-order valence-electron chi connectivity index (χ1n) is 4.32. The molecule has 1 unspecified atom stereocenters. The largest absolute Gasteiger partial charge is 0.271 e. The van der Waals surface area contributed by atoms with Crippen LogP contribution in [0.2, 0.25) is 0 Å². The van der Waals surface area contributed by atoms with Crippen molar-refractivity contribution in [1.29, 1.82) is 0 Å². The summed E-state index contributed by atoms with van der Waals surface area (Å²) in [6.45, 7) is 0. The molecule has 2 nitrogen and oxygen atoms in total. The Hall–Kier alpha value is -1.70. The van der Waals surface area contributed by atoms with E-state index in [2.05, 4.69) is 28.2 Å². The molecule has 13 heavy (non-hydrogen) atoms. The van der Waals surface area contributed by atoms with Crippen molar-refractivity contribution in [2.75, 3.05) is 0 Å². The standard InChI is InChI=1S/C11H8N2/c1-2-4-10-8(3-1)9-5-6-12-7-11(9)13-10/h1-7,10H. The zero-order valence-electron chi connectivity index (χ0n) is 7.01. The number of hydrogen-bond donors (Lipinski definition) is 0. The number of hydrogen-bond acceptors (Lipinski definition) is 2. The van der Waals surface area contributed by atoms with Crippen molar-refractivity contribution in [3.05, 3.63) is 53.3 Å². The van der Waals surface area contributed by atoms with Crippen molar-refractivity contribution in [2.24, 2.45) is 4.99 Å². The van der Waals surface area contributed by atoms with Crippen molar-refractivity contribution in [2.45, 2.75) is 6.04 Å². The normalized spacial score (nSPS) is 22.5. The number of pyridine rings is 1. The first-order chi connectivity index (χ1) is 6.45. The quantitative estimate of drug-likeness (QED) is 0.549. The average Bonchev–Trinajstić information content (AvgIpc) is 2.56. The van der Waals surface area contributed by atoms with Gasteiger partial charge in [-0.25, -0.2) is 0 Å². The summed E-state index contributed by atoms with van der Waals surface area (Å²) in [6.07, 6.45) is 12.0. The van der Waals surface area contributed by atoms with Gasteiger partial charge in [-0.3, -0.25) is 9.98 Å². The molecule has 1 aromatic rings. The van der Waals surface area contributed by atoms with Crippen molar-refractivity contribution in [3.63, 3.8) is 0 Å². The Morgan fingerprint density at radius 2 is 2.23 bits per heavy atom. The lowest BCUT2D eigenvalue weighted by molar-refractivity contribution is 1.02. The second-order valence-corrected chi connectivity index (χ2v) is 3.17. The Morgan fingerprint density at radius 1 is 1.23 bits per heavy atom. The molecule has 0 saturated heterocycles. The fourth-order valence-corrected chi connectivity index (χ4v) is 1.78. The molecule has 2 heteroatoms. The van der Waals surface area contributed by atoms with Crippen molar-refractivity contribution in [1.82, 2.24) is 4.98 Å². The van der Waals surface area contributed by atoms with Gasteiger partial charge in [-0.15, -0.1) is 0 Å². The van der Waals surface area contributed by atoms with E-state index in [0.29, 0.717) is 0 Å². The molecule has 2 heterocycles. The third kappa shape index (κ3) is 0.886. The summed E-state index contributed by atoms with van der Waals surface area (Å²) in [6, 6.07) is 2.25.